The summed E-state index contributed by atoms with van der Waals surface area (Å²) in [6, 6.07) is 2.92. The topological polar surface area (TPSA) is 60.2 Å². The Kier molecular flexibility index (Phi) is 3.08. The number of alkyl halides is 2. The van der Waals surface area contributed by atoms with Gasteiger partial charge in [-0.25, -0.2) is 8.78 Å². The fourth-order valence-electron chi connectivity index (χ4n) is 1.11. The molecule has 1 aromatic rings. The van der Waals surface area contributed by atoms with Gasteiger partial charge in [0, 0.05) is 11.6 Å². The van der Waals surface area contributed by atoms with Crippen molar-refractivity contribution < 1.29 is 18.5 Å². The van der Waals surface area contributed by atoms with Crippen molar-refractivity contribution in [2.45, 2.75) is 13.3 Å². The van der Waals surface area contributed by atoms with E-state index in [-0.39, 0.29) is 5.56 Å². The van der Waals surface area contributed by atoms with Gasteiger partial charge >= 0.3 is 0 Å². The van der Waals surface area contributed by atoms with E-state index in [1.165, 1.54) is 6.92 Å². The van der Waals surface area contributed by atoms with Crippen molar-refractivity contribution in [3.8, 4) is 0 Å². The first kappa shape index (κ1) is 11.2. The minimum Gasteiger partial charge on any atom is -0.295 e. The first-order chi connectivity index (χ1) is 6.93. The number of nitro benzene ring substituents is 1. The maximum Gasteiger partial charge on any atom is 0.279 e. The molecule has 1 aromatic carbocycles. The number of Topliss-reactive ketones (excluding diaryl/α,β-unsaturated/α-hetero) is 1. The van der Waals surface area contributed by atoms with Crippen molar-refractivity contribution >= 4 is 11.5 Å². The zero-order chi connectivity index (χ0) is 11.6. The van der Waals surface area contributed by atoms with Crippen LogP contribution < -0.4 is 0 Å². The SMILES string of the molecule is CC(=O)c1ccc(C(F)F)c([N+](=O)[O-])c1. The lowest BCUT2D eigenvalue weighted by Crippen LogP contribution is -2.00. The first-order valence-corrected chi connectivity index (χ1v) is 4.01. The van der Waals surface area contributed by atoms with Crippen LogP contribution in [0.5, 0.6) is 0 Å². The summed E-state index contributed by atoms with van der Waals surface area (Å²) in [7, 11) is 0. The van der Waals surface area contributed by atoms with Crippen molar-refractivity contribution in [2.24, 2.45) is 0 Å². The first-order valence-electron chi connectivity index (χ1n) is 4.01. The number of benzene rings is 1. The second kappa shape index (κ2) is 4.12. The number of ketones is 1. The molecule has 0 radical (unpaired) electrons. The lowest BCUT2D eigenvalue weighted by Gasteiger charge is -2.02. The van der Waals surface area contributed by atoms with Crippen LogP contribution in [0.1, 0.15) is 29.3 Å². The summed E-state index contributed by atoms with van der Waals surface area (Å²) in [5.41, 5.74) is -1.35. The predicted octanol–water partition coefficient (Wildman–Crippen LogP) is 2.74. The van der Waals surface area contributed by atoms with Crippen molar-refractivity contribution in [2.75, 3.05) is 0 Å². The highest BCUT2D eigenvalue weighted by molar-refractivity contribution is 5.94. The molecular weight excluding hydrogens is 208 g/mol. The standard InChI is InChI=1S/C9H7F2NO3/c1-5(13)6-2-3-7(9(10)11)8(4-6)12(14)15/h2-4,9H,1H3. The molecule has 0 saturated heterocycles. The van der Waals surface area contributed by atoms with E-state index in [9.17, 15) is 23.7 Å². The molecule has 0 amide bonds. The largest absolute Gasteiger partial charge is 0.295 e. The van der Waals surface area contributed by atoms with Gasteiger partial charge in [-0.15, -0.1) is 0 Å². The third-order valence-corrected chi connectivity index (χ3v) is 1.87. The molecule has 0 aliphatic rings. The van der Waals surface area contributed by atoms with Crippen LogP contribution in [0, 0.1) is 10.1 Å². The molecule has 0 aromatic heterocycles. The number of rotatable bonds is 3. The maximum atomic E-state index is 12.3. The van der Waals surface area contributed by atoms with Crippen molar-refractivity contribution in [3.05, 3.63) is 39.4 Å². The maximum absolute atomic E-state index is 12.3. The zero-order valence-electron chi connectivity index (χ0n) is 7.74. The minimum atomic E-state index is -2.92. The van der Waals surface area contributed by atoms with E-state index >= 15 is 0 Å². The van der Waals surface area contributed by atoms with Crippen molar-refractivity contribution in [1.29, 1.82) is 0 Å². The Labute approximate surface area is 83.7 Å². The summed E-state index contributed by atoms with van der Waals surface area (Å²) in [6.45, 7) is 1.21. The molecule has 0 saturated carbocycles. The molecule has 80 valence electrons. The summed E-state index contributed by atoms with van der Waals surface area (Å²) in [4.78, 5) is 20.4. The number of hydrogen-bond donors (Lipinski definition) is 0. The van der Waals surface area contributed by atoms with E-state index in [4.69, 9.17) is 0 Å². The monoisotopic (exact) mass is 215 g/mol. The normalized spacial score (nSPS) is 10.4. The number of hydrogen-bond acceptors (Lipinski definition) is 3. The molecule has 6 heteroatoms. The molecule has 0 spiro atoms. The van der Waals surface area contributed by atoms with Crippen molar-refractivity contribution in [1.82, 2.24) is 0 Å². The highest BCUT2D eigenvalue weighted by Gasteiger charge is 2.22. The van der Waals surface area contributed by atoms with E-state index in [2.05, 4.69) is 0 Å². The van der Waals surface area contributed by atoms with E-state index in [0.29, 0.717) is 0 Å². The second-order valence-electron chi connectivity index (χ2n) is 2.89. The summed E-state index contributed by atoms with van der Waals surface area (Å²) < 4.78 is 24.7. The van der Waals surface area contributed by atoms with Gasteiger partial charge in [-0.1, -0.05) is 6.07 Å². The molecule has 0 heterocycles. The van der Waals surface area contributed by atoms with Gasteiger partial charge in [0.2, 0.25) is 0 Å². The Hall–Kier alpha value is -1.85. The molecule has 0 fully saturated rings. The smallest absolute Gasteiger partial charge is 0.279 e. The number of nitrogens with zero attached hydrogens (tertiary/aromatic N) is 1. The molecule has 4 nitrogen and oxygen atoms in total. The summed E-state index contributed by atoms with van der Waals surface area (Å²) >= 11 is 0. The van der Waals surface area contributed by atoms with Gasteiger partial charge in [0.05, 0.1) is 10.5 Å². The summed E-state index contributed by atoms with van der Waals surface area (Å²) in [6.07, 6.45) is -2.92. The third-order valence-electron chi connectivity index (χ3n) is 1.87. The number of carbonyl (C=O) groups is 1. The van der Waals surface area contributed by atoms with Gasteiger partial charge in [-0.2, -0.15) is 0 Å². The van der Waals surface area contributed by atoms with E-state index in [0.717, 1.165) is 18.2 Å². The molecule has 0 bridgehead atoms. The Morgan fingerprint density at radius 2 is 2.07 bits per heavy atom. The summed E-state index contributed by atoms with van der Waals surface area (Å²) in [5, 5.41) is 10.5. The fourth-order valence-corrected chi connectivity index (χ4v) is 1.11. The molecule has 0 aliphatic heterocycles. The molecule has 0 aliphatic carbocycles. The molecule has 0 N–H and O–H groups in total. The van der Waals surface area contributed by atoms with E-state index in [1.807, 2.05) is 0 Å². The zero-order valence-corrected chi connectivity index (χ0v) is 7.74. The highest BCUT2D eigenvalue weighted by Crippen LogP contribution is 2.29. The fraction of sp³-hybridized carbons (Fsp3) is 0.222. The Balaban J connectivity index is 3.33. The molecular formula is C9H7F2NO3. The van der Waals surface area contributed by atoms with Crippen molar-refractivity contribution in [3.63, 3.8) is 0 Å². The molecule has 0 atom stereocenters. The van der Waals surface area contributed by atoms with Gasteiger partial charge in [0.25, 0.3) is 12.1 Å². The average Bonchev–Trinajstić information content (AvgIpc) is 2.16. The van der Waals surface area contributed by atoms with Crippen LogP contribution in [0.4, 0.5) is 14.5 Å². The van der Waals surface area contributed by atoms with Crippen LogP contribution in [-0.2, 0) is 0 Å². The highest BCUT2D eigenvalue weighted by atomic mass is 19.3. The van der Waals surface area contributed by atoms with Gasteiger partial charge in [-0.3, -0.25) is 14.9 Å². The molecule has 15 heavy (non-hydrogen) atoms. The third kappa shape index (κ3) is 2.34. The Morgan fingerprint density at radius 1 is 1.47 bits per heavy atom. The van der Waals surface area contributed by atoms with Gasteiger partial charge in [0.1, 0.15) is 0 Å². The van der Waals surface area contributed by atoms with Crippen LogP contribution >= 0.6 is 0 Å². The minimum absolute atomic E-state index is 0.0473. The second-order valence-corrected chi connectivity index (χ2v) is 2.89. The van der Waals surface area contributed by atoms with Gasteiger partial charge in [-0.05, 0) is 13.0 Å². The van der Waals surface area contributed by atoms with Crippen LogP contribution in [-0.4, -0.2) is 10.7 Å². The number of nitro groups is 1. The predicted molar refractivity (Wildman–Crippen MR) is 48.1 cm³/mol. The van der Waals surface area contributed by atoms with Crippen LogP contribution in [0.3, 0.4) is 0 Å². The number of carbonyl (C=O) groups excluding carboxylic acids is 1. The van der Waals surface area contributed by atoms with E-state index < -0.39 is 28.4 Å². The Morgan fingerprint density at radius 3 is 2.47 bits per heavy atom. The lowest BCUT2D eigenvalue weighted by atomic mass is 10.1. The number of halogens is 2. The van der Waals surface area contributed by atoms with Crippen LogP contribution in [0.15, 0.2) is 18.2 Å². The van der Waals surface area contributed by atoms with Crippen LogP contribution in [0.25, 0.3) is 0 Å². The summed E-state index contributed by atoms with van der Waals surface area (Å²) in [5.74, 6) is -0.404. The van der Waals surface area contributed by atoms with Crippen LogP contribution in [0.2, 0.25) is 0 Å². The molecule has 1 rings (SSSR count). The lowest BCUT2D eigenvalue weighted by molar-refractivity contribution is -0.386. The van der Waals surface area contributed by atoms with Gasteiger partial charge in [0.15, 0.2) is 5.78 Å². The quantitative estimate of drug-likeness (QED) is 0.442. The average molecular weight is 215 g/mol. The van der Waals surface area contributed by atoms with Gasteiger partial charge < -0.3 is 0 Å². The Bertz CT molecular complexity index is 418. The van der Waals surface area contributed by atoms with E-state index in [1.54, 1.807) is 0 Å². The molecule has 0 unspecified atom stereocenters.